The molecule has 0 spiro atoms. The minimum atomic E-state index is -0.299. The predicted molar refractivity (Wildman–Crippen MR) is 54.1 cm³/mol. The van der Waals surface area contributed by atoms with Crippen molar-refractivity contribution in [3.63, 3.8) is 0 Å². The highest BCUT2D eigenvalue weighted by molar-refractivity contribution is 6.62. The number of halogens is 1. The zero-order valence-corrected chi connectivity index (χ0v) is 9.05. The van der Waals surface area contributed by atoms with Crippen molar-refractivity contribution in [2.24, 2.45) is 5.92 Å². The van der Waals surface area contributed by atoms with Crippen LogP contribution < -0.4 is 0 Å². The highest BCUT2D eigenvalue weighted by atomic mass is 35.5. The first-order chi connectivity index (χ1) is 6.09. The molecule has 0 bridgehead atoms. The lowest BCUT2D eigenvalue weighted by atomic mass is 10.1. The number of nitrogens with zero attached hydrogens (tertiary/aromatic N) is 2. The van der Waals surface area contributed by atoms with E-state index in [2.05, 4.69) is 19.0 Å². The van der Waals surface area contributed by atoms with Gasteiger partial charge < -0.3 is 9.80 Å². The Morgan fingerprint density at radius 2 is 2.31 bits per heavy atom. The first-order valence-electron chi connectivity index (χ1n) is 4.68. The summed E-state index contributed by atoms with van der Waals surface area (Å²) in [5.41, 5.74) is 0. The summed E-state index contributed by atoms with van der Waals surface area (Å²) < 4.78 is 0. The van der Waals surface area contributed by atoms with E-state index in [0.717, 1.165) is 32.5 Å². The first-order valence-corrected chi connectivity index (χ1v) is 5.06. The molecule has 0 aliphatic carbocycles. The van der Waals surface area contributed by atoms with Crippen molar-refractivity contribution in [2.45, 2.75) is 12.8 Å². The second-order valence-electron chi connectivity index (χ2n) is 3.95. The van der Waals surface area contributed by atoms with Gasteiger partial charge in [0, 0.05) is 13.1 Å². The molecule has 0 aromatic rings. The van der Waals surface area contributed by atoms with E-state index >= 15 is 0 Å². The lowest BCUT2D eigenvalue weighted by Gasteiger charge is -2.14. The molecule has 0 N–H and O–H groups in total. The molecule has 1 aliphatic rings. The number of rotatable bonds is 3. The Bertz CT molecular complexity index is 184. The zero-order chi connectivity index (χ0) is 9.84. The van der Waals surface area contributed by atoms with Gasteiger partial charge in [-0.05, 0) is 51.0 Å². The summed E-state index contributed by atoms with van der Waals surface area (Å²) in [5.74, 6) is 0.644. The molecule has 1 aliphatic heterocycles. The Morgan fingerprint density at radius 1 is 1.62 bits per heavy atom. The van der Waals surface area contributed by atoms with Crippen LogP contribution in [0, 0.1) is 5.92 Å². The van der Waals surface area contributed by atoms with E-state index in [4.69, 9.17) is 11.6 Å². The molecule has 76 valence electrons. The number of hydrogen-bond donors (Lipinski definition) is 0. The van der Waals surface area contributed by atoms with E-state index < -0.39 is 0 Å². The highest BCUT2D eigenvalue weighted by Gasteiger charge is 2.24. The van der Waals surface area contributed by atoms with E-state index in [-0.39, 0.29) is 5.37 Å². The summed E-state index contributed by atoms with van der Waals surface area (Å²) in [6.45, 7) is 2.77. The molecule has 0 radical (unpaired) electrons. The van der Waals surface area contributed by atoms with Crippen LogP contribution in [0.2, 0.25) is 0 Å². The fourth-order valence-electron chi connectivity index (χ4n) is 1.67. The Labute approximate surface area is 84.6 Å². The Kier molecular flexibility index (Phi) is 4.00. The van der Waals surface area contributed by atoms with Crippen molar-refractivity contribution in [1.82, 2.24) is 9.80 Å². The Hall–Kier alpha value is -0.280. The molecular weight excluding hydrogens is 188 g/mol. The van der Waals surface area contributed by atoms with Gasteiger partial charge in [-0.3, -0.25) is 4.79 Å². The fraction of sp³-hybridized carbons (Fsp3) is 0.889. The van der Waals surface area contributed by atoms with Gasteiger partial charge in [-0.25, -0.2) is 0 Å². The summed E-state index contributed by atoms with van der Waals surface area (Å²) in [7, 11) is 4.14. The van der Waals surface area contributed by atoms with Crippen molar-refractivity contribution in [3.05, 3.63) is 0 Å². The third kappa shape index (κ3) is 3.53. The van der Waals surface area contributed by atoms with Crippen LogP contribution in [0.5, 0.6) is 0 Å². The molecule has 1 fully saturated rings. The summed E-state index contributed by atoms with van der Waals surface area (Å²) in [4.78, 5) is 14.7. The van der Waals surface area contributed by atoms with Crippen molar-refractivity contribution in [3.8, 4) is 0 Å². The Morgan fingerprint density at radius 3 is 2.77 bits per heavy atom. The van der Waals surface area contributed by atoms with Gasteiger partial charge in [0.2, 0.25) is 0 Å². The van der Waals surface area contributed by atoms with Crippen LogP contribution in [0.1, 0.15) is 12.8 Å². The third-order valence-electron chi connectivity index (χ3n) is 2.52. The van der Waals surface area contributed by atoms with Gasteiger partial charge in [0.05, 0.1) is 0 Å². The maximum absolute atomic E-state index is 10.8. The molecule has 1 atom stereocenters. The number of carbonyl (C=O) groups is 1. The molecule has 0 aromatic carbocycles. The van der Waals surface area contributed by atoms with E-state index in [1.54, 1.807) is 4.90 Å². The van der Waals surface area contributed by atoms with Crippen LogP contribution in [0.15, 0.2) is 0 Å². The van der Waals surface area contributed by atoms with Crippen LogP contribution in [0.4, 0.5) is 4.79 Å². The van der Waals surface area contributed by atoms with Crippen LogP contribution in [-0.2, 0) is 0 Å². The van der Waals surface area contributed by atoms with Gasteiger partial charge in [-0.1, -0.05) is 0 Å². The van der Waals surface area contributed by atoms with Crippen molar-refractivity contribution < 1.29 is 4.79 Å². The average Bonchev–Trinajstić information content (AvgIpc) is 2.48. The lowest BCUT2D eigenvalue weighted by molar-refractivity contribution is 0.229. The summed E-state index contributed by atoms with van der Waals surface area (Å²) >= 11 is 5.39. The van der Waals surface area contributed by atoms with Gasteiger partial charge in [0.15, 0.2) is 0 Å². The number of likely N-dealkylation sites (tertiary alicyclic amines) is 1. The monoisotopic (exact) mass is 204 g/mol. The van der Waals surface area contributed by atoms with Crippen LogP contribution in [-0.4, -0.2) is 48.9 Å². The standard InChI is InChI=1S/C9H17ClN2O/c1-11(2)5-3-8-4-6-12(7-8)9(10)13/h8H,3-7H2,1-2H3. The molecule has 1 amide bonds. The maximum atomic E-state index is 10.8. The molecule has 13 heavy (non-hydrogen) atoms. The second kappa shape index (κ2) is 4.82. The van der Waals surface area contributed by atoms with E-state index in [9.17, 15) is 4.79 Å². The van der Waals surface area contributed by atoms with Crippen molar-refractivity contribution in [2.75, 3.05) is 33.7 Å². The fourth-order valence-corrected chi connectivity index (χ4v) is 1.82. The summed E-state index contributed by atoms with van der Waals surface area (Å²) in [6, 6.07) is 0. The van der Waals surface area contributed by atoms with Gasteiger partial charge >= 0.3 is 5.37 Å². The number of hydrogen-bond acceptors (Lipinski definition) is 2. The first kappa shape index (κ1) is 10.8. The Balaban J connectivity index is 2.21. The molecular formula is C9H17ClN2O. The lowest BCUT2D eigenvalue weighted by Crippen LogP contribution is -2.24. The van der Waals surface area contributed by atoms with Gasteiger partial charge in [-0.2, -0.15) is 0 Å². The van der Waals surface area contributed by atoms with Crippen molar-refractivity contribution >= 4 is 17.0 Å². The van der Waals surface area contributed by atoms with Crippen molar-refractivity contribution in [1.29, 1.82) is 0 Å². The molecule has 1 unspecified atom stereocenters. The molecule has 3 nitrogen and oxygen atoms in total. The van der Waals surface area contributed by atoms with E-state index in [0.29, 0.717) is 5.92 Å². The number of amides is 1. The third-order valence-corrected chi connectivity index (χ3v) is 2.76. The van der Waals surface area contributed by atoms with Crippen LogP contribution >= 0.6 is 11.6 Å². The molecule has 4 heteroatoms. The predicted octanol–water partition coefficient (Wildman–Crippen LogP) is 1.62. The molecule has 1 heterocycles. The summed E-state index contributed by atoms with van der Waals surface area (Å²) in [6.07, 6.45) is 2.26. The molecule has 0 aromatic heterocycles. The minimum Gasteiger partial charge on any atom is -0.329 e. The SMILES string of the molecule is CN(C)CCC1CCN(C(=O)Cl)C1. The van der Waals surface area contributed by atoms with E-state index in [1.165, 1.54) is 0 Å². The average molecular weight is 205 g/mol. The highest BCUT2D eigenvalue weighted by Crippen LogP contribution is 2.20. The second-order valence-corrected chi connectivity index (χ2v) is 4.27. The van der Waals surface area contributed by atoms with Gasteiger partial charge in [0.25, 0.3) is 0 Å². The van der Waals surface area contributed by atoms with Gasteiger partial charge in [-0.15, -0.1) is 0 Å². The quantitative estimate of drug-likeness (QED) is 0.515. The van der Waals surface area contributed by atoms with Crippen LogP contribution in [0.3, 0.4) is 0 Å². The smallest absolute Gasteiger partial charge is 0.316 e. The van der Waals surface area contributed by atoms with Gasteiger partial charge in [0.1, 0.15) is 0 Å². The van der Waals surface area contributed by atoms with Crippen LogP contribution in [0.25, 0.3) is 0 Å². The zero-order valence-electron chi connectivity index (χ0n) is 8.29. The minimum absolute atomic E-state index is 0.299. The molecule has 0 saturated carbocycles. The topological polar surface area (TPSA) is 23.6 Å². The normalized spacial score (nSPS) is 22.8. The summed E-state index contributed by atoms with van der Waals surface area (Å²) in [5, 5.41) is -0.299. The number of carbonyl (C=O) groups excluding carboxylic acids is 1. The molecule has 1 saturated heterocycles. The maximum Gasteiger partial charge on any atom is 0.316 e. The largest absolute Gasteiger partial charge is 0.329 e. The van der Waals surface area contributed by atoms with E-state index in [1.807, 2.05) is 0 Å². The molecule has 1 rings (SSSR count).